The molecule has 2 aromatic rings. The number of benzene rings is 1. The number of carbonyl (C=O) groups is 1. The SMILES string of the molecule is CSCC[C@H](N)C(=O)Nc1cccc(-c2ncc[nH]2)c1.Cl.Cl. The van der Waals surface area contributed by atoms with Gasteiger partial charge in [0, 0.05) is 23.6 Å². The largest absolute Gasteiger partial charge is 0.345 e. The summed E-state index contributed by atoms with van der Waals surface area (Å²) in [6.07, 6.45) is 6.13. The minimum absolute atomic E-state index is 0. The Morgan fingerprint density at radius 1 is 1.45 bits per heavy atom. The Bertz CT molecular complexity index is 566. The van der Waals surface area contributed by atoms with Crippen molar-refractivity contribution in [3.05, 3.63) is 36.7 Å². The van der Waals surface area contributed by atoms with E-state index in [-0.39, 0.29) is 30.7 Å². The molecular weight excluding hydrogens is 343 g/mol. The van der Waals surface area contributed by atoms with E-state index in [0.717, 1.165) is 22.8 Å². The molecule has 1 amide bonds. The van der Waals surface area contributed by atoms with Gasteiger partial charge in [0.2, 0.25) is 5.91 Å². The zero-order chi connectivity index (χ0) is 14.4. The number of H-pyrrole nitrogens is 1. The highest BCUT2D eigenvalue weighted by molar-refractivity contribution is 7.98. The summed E-state index contributed by atoms with van der Waals surface area (Å²) >= 11 is 1.68. The molecule has 0 aliphatic rings. The predicted octanol–water partition coefficient (Wildman–Crippen LogP) is 2.94. The van der Waals surface area contributed by atoms with Gasteiger partial charge in [0.15, 0.2) is 0 Å². The van der Waals surface area contributed by atoms with Crippen molar-refractivity contribution in [2.24, 2.45) is 5.73 Å². The van der Waals surface area contributed by atoms with E-state index in [1.807, 2.05) is 30.5 Å². The van der Waals surface area contributed by atoms with Crippen LogP contribution in [0.15, 0.2) is 36.7 Å². The number of hydrogen-bond donors (Lipinski definition) is 3. The van der Waals surface area contributed by atoms with Gasteiger partial charge in [0.25, 0.3) is 0 Å². The summed E-state index contributed by atoms with van der Waals surface area (Å²) in [5.74, 6) is 1.49. The number of rotatable bonds is 6. The molecule has 0 radical (unpaired) electrons. The monoisotopic (exact) mass is 362 g/mol. The third-order valence-electron chi connectivity index (χ3n) is 2.87. The maximum atomic E-state index is 11.9. The van der Waals surface area contributed by atoms with Crippen LogP contribution in [-0.4, -0.2) is 33.9 Å². The highest BCUT2D eigenvalue weighted by Gasteiger charge is 2.13. The number of nitrogens with zero attached hydrogens (tertiary/aromatic N) is 1. The van der Waals surface area contributed by atoms with Gasteiger partial charge in [0.1, 0.15) is 5.82 Å². The minimum atomic E-state index is -0.477. The Hall–Kier alpha value is -1.21. The molecule has 8 heteroatoms. The number of halogens is 2. The summed E-state index contributed by atoms with van der Waals surface area (Å²) in [5.41, 5.74) is 7.49. The lowest BCUT2D eigenvalue weighted by atomic mass is 10.1. The topological polar surface area (TPSA) is 83.8 Å². The van der Waals surface area contributed by atoms with Gasteiger partial charge in [0.05, 0.1) is 6.04 Å². The minimum Gasteiger partial charge on any atom is -0.345 e. The fourth-order valence-corrected chi connectivity index (χ4v) is 2.27. The van der Waals surface area contributed by atoms with Gasteiger partial charge >= 0.3 is 0 Å². The lowest BCUT2D eigenvalue weighted by molar-refractivity contribution is -0.117. The molecule has 5 nitrogen and oxygen atoms in total. The van der Waals surface area contributed by atoms with E-state index in [1.165, 1.54) is 0 Å². The highest BCUT2D eigenvalue weighted by Crippen LogP contribution is 2.19. The maximum Gasteiger partial charge on any atom is 0.241 e. The molecule has 122 valence electrons. The second-order valence-corrected chi connectivity index (χ2v) is 5.38. The van der Waals surface area contributed by atoms with E-state index >= 15 is 0 Å². The van der Waals surface area contributed by atoms with Crippen molar-refractivity contribution >= 4 is 48.2 Å². The van der Waals surface area contributed by atoms with Gasteiger partial charge < -0.3 is 16.0 Å². The Labute approximate surface area is 146 Å². The summed E-state index contributed by atoms with van der Waals surface area (Å²) in [7, 11) is 0. The quantitative estimate of drug-likeness (QED) is 0.737. The molecule has 22 heavy (non-hydrogen) atoms. The second-order valence-electron chi connectivity index (χ2n) is 4.40. The van der Waals surface area contributed by atoms with Crippen LogP contribution in [0, 0.1) is 0 Å². The normalized spacial score (nSPS) is 11.0. The molecule has 0 saturated carbocycles. The van der Waals surface area contributed by atoms with E-state index in [0.29, 0.717) is 6.42 Å². The van der Waals surface area contributed by atoms with Crippen LogP contribution in [-0.2, 0) is 4.79 Å². The van der Waals surface area contributed by atoms with Gasteiger partial charge in [-0.3, -0.25) is 4.79 Å². The number of nitrogens with two attached hydrogens (primary N) is 1. The molecule has 1 heterocycles. The van der Waals surface area contributed by atoms with Gasteiger partial charge in [-0.15, -0.1) is 24.8 Å². The van der Waals surface area contributed by atoms with Crippen molar-refractivity contribution < 1.29 is 4.79 Å². The predicted molar refractivity (Wildman–Crippen MR) is 98.1 cm³/mol. The average Bonchev–Trinajstić information content (AvgIpc) is 2.99. The third kappa shape index (κ3) is 5.88. The standard InChI is InChI=1S/C14H18N4OS.2ClH/c1-20-8-5-12(15)14(19)18-11-4-2-3-10(9-11)13-16-6-7-17-13;;/h2-4,6-7,9,12H,5,8,15H2,1H3,(H,16,17)(H,18,19);2*1H/t12-;;/m0../s1. The number of aromatic nitrogens is 2. The summed E-state index contributed by atoms with van der Waals surface area (Å²) in [4.78, 5) is 19.2. The van der Waals surface area contributed by atoms with E-state index in [2.05, 4.69) is 15.3 Å². The van der Waals surface area contributed by atoms with Crippen molar-refractivity contribution in [1.82, 2.24) is 9.97 Å². The molecule has 0 bridgehead atoms. The van der Waals surface area contributed by atoms with Crippen molar-refractivity contribution in [3.63, 3.8) is 0 Å². The van der Waals surface area contributed by atoms with E-state index in [4.69, 9.17) is 5.73 Å². The number of imidazole rings is 1. The molecule has 0 spiro atoms. The first-order valence-electron chi connectivity index (χ1n) is 6.36. The molecule has 1 aromatic carbocycles. The number of nitrogens with one attached hydrogen (secondary N) is 2. The number of hydrogen-bond acceptors (Lipinski definition) is 4. The van der Waals surface area contributed by atoms with Gasteiger partial charge in [-0.2, -0.15) is 11.8 Å². The molecule has 0 saturated heterocycles. The van der Waals surface area contributed by atoms with Crippen LogP contribution in [0.4, 0.5) is 5.69 Å². The van der Waals surface area contributed by atoms with E-state index in [1.54, 1.807) is 24.2 Å². The molecule has 1 aromatic heterocycles. The summed E-state index contributed by atoms with van der Waals surface area (Å²) in [6.45, 7) is 0. The van der Waals surface area contributed by atoms with Crippen LogP contribution in [0.1, 0.15) is 6.42 Å². The Kier molecular flexibility index (Phi) is 9.93. The van der Waals surface area contributed by atoms with Crippen molar-refractivity contribution in [2.75, 3.05) is 17.3 Å². The lowest BCUT2D eigenvalue weighted by Crippen LogP contribution is -2.36. The van der Waals surface area contributed by atoms with Gasteiger partial charge in [-0.25, -0.2) is 4.98 Å². The van der Waals surface area contributed by atoms with Crippen LogP contribution in [0.2, 0.25) is 0 Å². The van der Waals surface area contributed by atoms with E-state index < -0.39 is 6.04 Å². The van der Waals surface area contributed by atoms with Crippen LogP contribution in [0.25, 0.3) is 11.4 Å². The lowest BCUT2D eigenvalue weighted by Gasteiger charge is -2.12. The molecule has 0 unspecified atom stereocenters. The highest BCUT2D eigenvalue weighted by atomic mass is 35.5. The molecule has 0 fully saturated rings. The second kappa shape index (κ2) is 10.5. The van der Waals surface area contributed by atoms with Gasteiger partial charge in [-0.1, -0.05) is 12.1 Å². The smallest absolute Gasteiger partial charge is 0.241 e. The molecule has 0 aliphatic carbocycles. The summed E-state index contributed by atoms with van der Waals surface area (Å²) < 4.78 is 0. The average molecular weight is 363 g/mol. The van der Waals surface area contributed by atoms with Crippen molar-refractivity contribution in [2.45, 2.75) is 12.5 Å². The van der Waals surface area contributed by atoms with Crippen molar-refractivity contribution in [3.8, 4) is 11.4 Å². The fourth-order valence-electron chi connectivity index (χ4n) is 1.78. The zero-order valence-corrected chi connectivity index (χ0v) is 14.6. The molecule has 0 aliphatic heterocycles. The first-order valence-corrected chi connectivity index (χ1v) is 7.75. The molecular formula is C14H20Cl2N4OS. The summed E-state index contributed by atoms with van der Waals surface area (Å²) in [6, 6.07) is 7.04. The Balaban J connectivity index is 0.00000220. The van der Waals surface area contributed by atoms with Crippen LogP contribution in [0.3, 0.4) is 0 Å². The fraction of sp³-hybridized carbons (Fsp3) is 0.286. The molecule has 2 rings (SSSR count). The number of carbonyl (C=O) groups excluding carboxylic acids is 1. The first kappa shape index (κ1) is 20.8. The number of thioether (sulfide) groups is 1. The van der Waals surface area contributed by atoms with Crippen LogP contribution >= 0.6 is 36.6 Å². The zero-order valence-electron chi connectivity index (χ0n) is 12.1. The summed E-state index contributed by atoms with van der Waals surface area (Å²) in [5, 5.41) is 2.84. The molecule has 1 atom stereocenters. The maximum absolute atomic E-state index is 11.9. The number of anilines is 1. The number of amides is 1. The first-order chi connectivity index (χ1) is 9.70. The third-order valence-corrected chi connectivity index (χ3v) is 3.52. The van der Waals surface area contributed by atoms with Crippen molar-refractivity contribution in [1.29, 1.82) is 0 Å². The van der Waals surface area contributed by atoms with Gasteiger partial charge in [-0.05, 0) is 30.6 Å². The Morgan fingerprint density at radius 2 is 2.23 bits per heavy atom. The number of aromatic amines is 1. The Morgan fingerprint density at radius 3 is 2.86 bits per heavy atom. The van der Waals surface area contributed by atoms with Crippen LogP contribution in [0.5, 0.6) is 0 Å². The van der Waals surface area contributed by atoms with E-state index in [9.17, 15) is 4.79 Å². The van der Waals surface area contributed by atoms with Crippen LogP contribution < -0.4 is 11.1 Å². The molecule has 4 N–H and O–H groups in total.